The van der Waals surface area contributed by atoms with Gasteiger partial charge < -0.3 is 0 Å². The second kappa shape index (κ2) is 0.925. The van der Waals surface area contributed by atoms with Gasteiger partial charge in [-0.05, 0) is 0 Å². The highest BCUT2D eigenvalue weighted by Gasteiger charge is 1.84. The molecule has 0 saturated heterocycles. The van der Waals surface area contributed by atoms with Gasteiger partial charge in [0.2, 0.25) is 0 Å². The van der Waals surface area contributed by atoms with E-state index >= 15 is 0 Å². The Balaban J connectivity index is 4.06. The van der Waals surface area contributed by atoms with Crippen molar-refractivity contribution in [1.29, 1.82) is 0 Å². The van der Waals surface area contributed by atoms with E-state index in [-0.39, 0.29) is 0 Å². The standard InChI is InChI=1S/H2O4S/c1-5(2,3)4/h(H2,1,2,3,4)/i1+1. The van der Waals surface area contributed by atoms with E-state index in [9.17, 15) is 0 Å². The maximum absolute atomic E-state index is 8.74. The fraction of sp³-hybridized carbons (Fsp3) is 0. The maximum Gasteiger partial charge on any atom is 0.394 e. The summed E-state index contributed by atoms with van der Waals surface area (Å²) in [6.07, 6.45) is 0. The third-order valence-electron chi connectivity index (χ3n) is 0. The fourth-order valence-electron chi connectivity index (χ4n) is 0. The van der Waals surface area contributed by atoms with Crippen molar-refractivity contribution in [1.82, 2.24) is 0 Å². The Labute approximate surface area is 29.0 Å². The lowest BCUT2D eigenvalue weighted by Gasteiger charge is -1.68. The predicted octanol–water partition coefficient (Wildman–Crippen LogP) is -0.653. The molecule has 32 valence electrons. The monoisotopic (exact) mass is 99.0 g/mol. The largest absolute Gasteiger partial charge is 0.394 e. The topological polar surface area (TPSA) is 74.6 Å². The third-order valence-corrected chi connectivity index (χ3v) is 0. The van der Waals surface area contributed by atoms with Crippen LogP contribution in [-0.2, 0) is 10.4 Å². The van der Waals surface area contributed by atoms with Gasteiger partial charge >= 0.3 is 10.4 Å². The second-order valence-corrected chi connectivity index (χ2v) is 1.34. The van der Waals surface area contributed by atoms with Gasteiger partial charge in [-0.25, -0.2) is 0 Å². The SMILES string of the molecule is O=S(O)(O)=[17O]. The molecule has 0 amide bonds. The maximum atomic E-state index is 8.74. The van der Waals surface area contributed by atoms with E-state index in [1.165, 1.54) is 0 Å². The summed E-state index contributed by atoms with van der Waals surface area (Å²) in [6.45, 7) is 0. The van der Waals surface area contributed by atoms with Crippen LogP contribution in [0.15, 0.2) is 0 Å². The molecule has 0 radical (unpaired) electrons. The van der Waals surface area contributed by atoms with Crippen LogP contribution in [0.25, 0.3) is 0 Å². The van der Waals surface area contributed by atoms with E-state index in [2.05, 4.69) is 0 Å². The summed E-state index contributed by atoms with van der Waals surface area (Å²) in [5.41, 5.74) is 0. The molecule has 0 saturated carbocycles. The summed E-state index contributed by atoms with van der Waals surface area (Å²) >= 11 is 0. The molecule has 0 spiro atoms. The van der Waals surface area contributed by atoms with E-state index < -0.39 is 10.4 Å². The molecule has 0 bridgehead atoms. The molecule has 0 rings (SSSR count). The Morgan fingerprint density at radius 3 is 1.60 bits per heavy atom. The van der Waals surface area contributed by atoms with Gasteiger partial charge in [-0.1, -0.05) is 0 Å². The molecule has 5 heavy (non-hydrogen) atoms. The quantitative estimate of drug-likeness (QED) is 0.395. The van der Waals surface area contributed by atoms with Crippen molar-refractivity contribution in [2.75, 3.05) is 0 Å². The molecule has 0 atom stereocenters. The van der Waals surface area contributed by atoms with Crippen molar-refractivity contribution in [2.24, 2.45) is 0 Å². The smallest absolute Gasteiger partial charge is 0.264 e. The molecule has 0 heterocycles. The lowest BCUT2D eigenvalue weighted by molar-refractivity contribution is 0.381. The van der Waals surface area contributed by atoms with E-state index in [0.29, 0.717) is 0 Å². The molecular formula is H2O4S. The van der Waals surface area contributed by atoms with Crippen molar-refractivity contribution in [3.05, 3.63) is 0 Å². The number of hydrogen-bond acceptors (Lipinski definition) is 2. The molecular weight excluding hydrogens is 97.1 g/mol. The Morgan fingerprint density at radius 2 is 1.60 bits per heavy atom. The van der Waals surface area contributed by atoms with Gasteiger partial charge in [0.05, 0.1) is 0 Å². The van der Waals surface area contributed by atoms with Crippen molar-refractivity contribution >= 4 is 10.4 Å². The summed E-state index contributed by atoms with van der Waals surface area (Å²) in [6, 6.07) is 0. The van der Waals surface area contributed by atoms with Crippen LogP contribution in [0, 0.1) is 0 Å². The van der Waals surface area contributed by atoms with E-state index in [4.69, 9.17) is 17.5 Å². The highest BCUT2D eigenvalue weighted by Crippen LogP contribution is 1.59. The first-order valence-corrected chi connectivity index (χ1v) is 2.10. The van der Waals surface area contributed by atoms with Crippen LogP contribution < -0.4 is 0 Å². The zero-order valence-corrected chi connectivity index (χ0v) is 2.94. The summed E-state index contributed by atoms with van der Waals surface area (Å²) in [7, 11) is -4.67. The highest BCUT2D eigenvalue weighted by molar-refractivity contribution is 7.79. The Bertz CT molecular complexity index is 86.8. The molecule has 0 fully saturated rings. The molecule has 0 aliphatic rings. The van der Waals surface area contributed by atoms with Crippen LogP contribution in [0.4, 0.5) is 0 Å². The molecule has 0 aromatic carbocycles. The molecule has 0 aromatic heterocycles. The minimum Gasteiger partial charge on any atom is -0.264 e. The Hall–Kier alpha value is -0.130. The van der Waals surface area contributed by atoms with Crippen molar-refractivity contribution in [3.8, 4) is 0 Å². The van der Waals surface area contributed by atoms with Crippen LogP contribution in [-0.4, -0.2) is 17.5 Å². The number of rotatable bonds is 0. The third kappa shape index (κ3) is 801. The molecule has 2 N–H and O–H groups in total. The van der Waals surface area contributed by atoms with Gasteiger partial charge in [0.1, 0.15) is 0 Å². The summed E-state index contributed by atoms with van der Waals surface area (Å²) in [4.78, 5) is 0. The molecule has 0 aliphatic heterocycles. The van der Waals surface area contributed by atoms with Crippen LogP contribution >= 0.6 is 0 Å². The van der Waals surface area contributed by atoms with Crippen LogP contribution in [0.2, 0.25) is 0 Å². The van der Waals surface area contributed by atoms with Crippen LogP contribution in [0.1, 0.15) is 0 Å². The lowest BCUT2D eigenvalue weighted by atomic mass is 15.8. The lowest BCUT2D eigenvalue weighted by Crippen LogP contribution is -1.89. The highest BCUT2D eigenvalue weighted by atomic mass is 32.3. The molecule has 5 heteroatoms. The zero-order valence-electron chi connectivity index (χ0n) is 2.12. The average Bonchev–Trinajstić information content (AvgIpc) is 0.722. The van der Waals surface area contributed by atoms with Gasteiger partial charge in [-0.2, -0.15) is 8.42 Å². The second-order valence-electron chi connectivity index (χ2n) is 0.448. The fourth-order valence-corrected chi connectivity index (χ4v) is 0. The summed E-state index contributed by atoms with van der Waals surface area (Å²) in [5.74, 6) is 0. The Kier molecular flexibility index (Phi) is 0.901. The normalized spacial score (nSPS) is 11.6. The minimum atomic E-state index is -4.67. The van der Waals surface area contributed by atoms with Gasteiger partial charge in [-0.3, -0.25) is 9.11 Å². The Morgan fingerprint density at radius 1 is 1.60 bits per heavy atom. The minimum absolute atomic E-state index is 4.67. The molecule has 4 nitrogen and oxygen atoms in total. The first-order valence-electron chi connectivity index (χ1n) is 0.698. The van der Waals surface area contributed by atoms with Gasteiger partial charge in [0, 0.05) is 0 Å². The van der Waals surface area contributed by atoms with Gasteiger partial charge in [-0.15, -0.1) is 0 Å². The van der Waals surface area contributed by atoms with E-state index in [0.717, 1.165) is 0 Å². The van der Waals surface area contributed by atoms with Crippen LogP contribution in [0.3, 0.4) is 0 Å². The van der Waals surface area contributed by atoms with Crippen molar-refractivity contribution in [2.45, 2.75) is 0 Å². The van der Waals surface area contributed by atoms with Crippen LogP contribution in [0.5, 0.6) is 0 Å². The molecule has 0 unspecified atom stereocenters. The number of hydrogen-bond donors (Lipinski definition) is 2. The van der Waals surface area contributed by atoms with Crippen molar-refractivity contribution in [3.63, 3.8) is 0 Å². The zero-order chi connectivity index (χ0) is 4.50. The molecule has 0 aliphatic carbocycles. The van der Waals surface area contributed by atoms with Gasteiger partial charge in [0.15, 0.2) is 0 Å². The van der Waals surface area contributed by atoms with Crippen molar-refractivity contribution < 1.29 is 17.5 Å². The summed E-state index contributed by atoms with van der Waals surface area (Å²) in [5, 5.41) is 0. The average molecular weight is 99.1 g/mol. The van der Waals surface area contributed by atoms with Gasteiger partial charge in [0.25, 0.3) is 0 Å². The first-order chi connectivity index (χ1) is 2.00. The predicted molar refractivity (Wildman–Crippen MR) is 14.2 cm³/mol. The summed E-state index contributed by atoms with van der Waals surface area (Å²) < 4.78 is 31.6. The van der Waals surface area contributed by atoms with E-state index in [1.54, 1.807) is 0 Å². The van der Waals surface area contributed by atoms with E-state index in [1.807, 2.05) is 0 Å². The molecule has 0 aromatic rings. The first kappa shape index (κ1) is 4.87.